The zero-order valence-corrected chi connectivity index (χ0v) is 8.99. The molecular weight excluding hydrogens is 206 g/mol. The van der Waals surface area contributed by atoms with Crippen LogP contribution in [-0.4, -0.2) is 17.8 Å². The molecule has 1 rings (SSSR count). The van der Waals surface area contributed by atoms with Crippen molar-refractivity contribution in [3.8, 4) is 0 Å². The number of hydrogen-bond acceptors (Lipinski definition) is 2. The fourth-order valence-electron chi connectivity index (χ4n) is 0.904. The van der Waals surface area contributed by atoms with E-state index in [1.54, 1.807) is 18.3 Å². The Morgan fingerprint density at radius 1 is 1.77 bits per heavy atom. The lowest BCUT2D eigenvalue weighted by molar-refractivity contribution is -0.120. The van der Waals surface area contributed by atoms with E-state index >= 15 is 0 Å². The molecule has 0 spiro atoms. The molecule has 0 aliphatic carbocycles. The minimum absolute atomic E-state index is 0.0989. The van der Waals surface area contributed by atoms with E-state index in [0.717, 1.165) is 6.42 Å². The van der Waals surface area contributed by atoms with Crippen LogP contribution in [0.25, 0.3) is 0 Å². The highest BCUT2D eigenvalue weighted by atomic mass is 35.5. The van der Waals surface area contributed by atoms with E-state index in [2.05, 4.69) is 11.4 Å². The first kappa shape index (κ1) is 10.5. The summed E-state index contributed by atoms with van der Waals surface area (Å²) in [4.78, 5) is 12.3. The van der Waals surface area contributed by atoms with Gasteiger partial charge in [0.25, 0.3) is 0 Å². The van der Waals surface area contributed by atoms with Crippen LogP contribution in [0.5, 0.6) is 0 Å². The van der Waals surface area contributed by atoms with Crippen molar-refractivity contribution in [2.24, 2.45) is 0 Å². The van der Waals surface area contributed by atoms with Crippen molar-refractivity contribution in [2.75, 3.05) is 6.54 Å². The average Bonchev–Trinajstić information content (AvgIpc) is 2.56. The van der Waals surface area contributed by atoms with Gasteiger partial charge in [-0.2, -0.15) is 0 Å². The minimum atomic E-state index is -0.441. The summed E-state index contributed by atoms with van der Waals surface area (Å²) in [7, 11) is 0. The van der Waals surface area contributed by atoms with Gasteiger partial charge in [0.1, 0.15) is 5.38 Å². The Labute approximate surface area is 86.9 Å². The maximum Gasteiger partial charge on any atom is 0.237 e. The average molecular weight is 218 g/mol. The lowest BCUT2D eigenvalue weighted by Gasteiger charge is -2.04. The van der Waals surface area contributed by atoms with Crippen molar-refractivity contribution in [2.45, 2.75) is 18.7 Å². The number of carbonyl (C=O) groups is 1. The van der Waals surface area contributed by atoms with Gasteiger partial charge in [0.15, 0.2) is 0 Å². The van der Waals surface area contributed by atoms with Crippen LogP contribution in [0.4, 0.5) is 0 Å². The second-order valence-electron chi connectivity index (χ2n) is 2.74. The Hall–Kier alpha value is -0.540. The molecule has 13 heavy (non-hydrogen) atoms. The number of nitrogens with one attached hydrogen (secondary N) is 1. The predicted octanol–water partition coefficient (Wildman–Crippen LogP) is 2.03. The fourth-order valence-corrected chi connectivity index (χ4v) is 1.69. The zero-order chi connectivity index (χ0) is 9.68. The largest absolute Gasteiger partial charge is 0.354 e. The maximum absolute atomic E-state index is 11.0. The molecule has 0 aliphatic heterocycles. The predicted molar refractivity (Wildman–Crippen MR) is 56.3 cm³/mol. The molecule has 0 bridgehead atoms. The number of rotatable bonds is 4. The number of hydrogen-bond donors (Lipinski definition) is 1. The second-order valence-corrected chi connectivity index (χ2v) is 4.42. The molecule has 1 heterocycles. The molecule has 0 radical (unpaired) electrons. The first-order valence-corrected chi connectivity index (χ1v) is 5.46. The molecule has 0 unspecified atom stereocenters. The summed E-state index contributed by atoms with van der Waals surface area (Å²) >= 11 is 7.28. The summed E-state index contributed by atoms with van der Waals surface area (Å²) in [6, 6.07) is 4.06. The van der Waals surface area contributed by atoms with Crippen LogP contribution in [0.2, 0.25) is 0 Å². The van der Waals surface area contributed by atoms with Gasteiger partial charge in [0.05, 0.1) is 0 Å². The van der Waals surface area contributed by atoms with Crippen LogP contribution in [-0.2, 0) is 11.2 Å². The van der Waals surface area contributed by atoms with Crippen LogP contribution in [0, 0.1) is 0 Å². The highest BCUT2D eigenvalue weighted by Gasteiger charge is 2.07. The fraction of sp³-hybridized carbons (Fsp3) is 0.444. The molecule has 1 aromatic rings. The topological polar surface area (TPSA) is 29.1 Å². The van der Waals surface area contributed by atoms with Gasteiger partial charge < -0.3 is 5.32 Å². The molecule has 0 saturated carbocycles. The van der Waals surface area contributed by atoms with Crippen molar-refractivity contribution in [3.63, 3.8) is 0 Å². The molecule has 2 nitrogen and oxygen atoms in total. The van der Waals surface area contributed by atoms with Crippen molar-refractivity contribution in [1.29, 1.82) is 0 Å². The Morgan fingerprint density at radius 2 is 2.54 bits per heavy atom. The molecule has 0 aromatic carbocycles. The number of alkyl halides is 1. The normalized spacial score (nSPS) is 12.5. The quantitative estimate of drug-likeness (QED) is 0.769. The van der Waals surface area contributed by atoms with Crippen molar-refractivity contribution < 1.29 is 4.79 Å². The van der Waals surface area contributed by atoms with E-state index in [4.69, 9.17) is 11.6 Å². The van der Waals surface area contributed by atoms with Crippen LogP contribution in [0.3, 0.4) is 0 Å². The highest BCUT2D eigenvalue weighted by Crippen LogP contribution is 2.08. The Bertz CT molecular complexity index is 259. The molecule has 0 saturated heterocycles. The maximum atomic E-state index is 11.0. The van der Waals surface area contributed by atoms with E-state index < -0.39 is 5.38 Å². The van der Waals surface area contributed by atoms with Crippen LogP contribution < -0.4 is 5.32 Å². The zero-order valence-electron chi connectivity index (χ0n) is 7.42. The molecular formula is C9H12ClNOS. The number of amides is 1. The molecule has 1 N–H and O–H groups in total. The first-order valence-electron chi connectivity index (χ1n) is 4.14. The van der Waals surface area contributed by atoms with Gasteiger partial charge in [-0.3, -0.25) is 4.79 Å². The van der Waals surface area contributed by atoms with Gasteiger partial charge in [-0.05, 0) is 24.8 Å². The lowest BCUT2D eigenvalue weighted by atomic mass is 10.3. The minimum Gasteiger partial charge on any atom is -0.354 e. The lowest BCUT2D eigenvalue weighted by Crippen LogP contribution is -2.31. The third-order valence-corrected chi connectivity index (χ3v) is 2.75. The van der Waals surface area contributed by atoms with Gasteiger partial charge in [0.2, 0.25) is 5.91 Å². The van der Waals surface area contributed by atoms with E-state index in [0.29, 0.717) is 6.54 Å². The molecule has 4 heteroatoms. The number of thiophene rings is 1. The van der Waals surface area contributed by atoms with Crippen LogP contribution in [0.1, 0.15) is 11.8 Å². The highest BCUT2D eigenvalue weighted by molar-refractivity contribution is 7.09. The molecule has 1 amide bonds. The third kappa shape index (κ3) is 3.79. The molecule has 72 valence electrons. The Morgan fingerprint density at radius 3 is 3.08 bits per heavy atom. The Kier molecular flexibility index (Phi) is 4.25. The Balaban J connectivity index is 2.18. The summed E-state index contributed by atoms with van der Waals surface area (Å²) in [6.07, 6.45) is 0.882. The summed E-state index contributed by atoms with van der Waals surface area (Å²) in [5, 5.41) is 4.34. The molecule has 0 fully saturated rings. The van der Waals surface area contributed by atoms with Crippen LogP contribution >= 0.6 is 22.9 Å². The van der Waals surface area contributed by atoms with E-state index in [1.807, 2.05) is 11.4 Å². The third-order valence-electron chi connectivity index (χ3n) is 1.61. The smallest absolute Gasteiger partial charge is 0.237 e. The van der Waals surface area contributed by atoms with Gasteiger partial charge in [-0.15, -0.1) is 22.9 Å². The molecule has 1 atom stereocenters. The number of carbonyl (C=O) groups excluding carboxylic acids is 1. The molecule has 0 aliphatic rings. The van der Waals surface area contributed by atoms with Crippen molar-refractivity contribution in [1.82, 2.24) is 5.32 Å². The number of halogens is 1. The molecule has 1 aromatic heterocycles. The van der Waals surface area contributed by atoms with Crippen molar-refractivity contribution in [3.05, 3.63) is 22.4 Å². The first-order chi connectivity index (χ1) is 6.20. The SMILES string of the molecule is C[C@@H](Cl)C(=O)NCCc1cccs1. The second kappa shape index (κ2) is 5.25. The summed E-state index contributed by atoms with van der Waals surface area (Å²) in [5.41, 5.74) is 0. The van der Waals surface area contributed by atoms with Gasteiger partial charge in [0, 0.05) is 11.4 Å². The van der Waals surface area contributed by atoms with E-state index in [1.165, 1.54) is 4.88 Å². The summed E-state index contributed by atoms with van der Waals surface area (Å²) < 4.78 is 0. The van der Waals surface area contributed by atoms with Crippen LogP contribution in [0.15, 0.2) is 17.5 Å². The van der Waals surface area contributed by atoms with Gasteiger partial charge >= 0.3 is 0 Å². The van der Waals surface area contributed by atoms with Crippen molar-refractivity contribution >= 4 is 28.8 Å². The summed E-state index contributed by atoms with van der Waals surface area (Å²) in [5.74, 6) is -0.0989. The van der Waals surface area contributed by atoms with E-state index in [-0.39, 0.29) is 5.91 Å². The van der Waals surface area contributed by atoms with Gasteiger partial charge in [-0.1, -0.05) is 6.07 Å². The monoisotopic (exact) mass is 217 g/mol. The standard InChI is InChI=1S/C9H12ClNOS/c1-7(10)9(12)11-5-4-8-3-2-6-13-8/h2-3,6-7H,4-5H2,1H3,(H,11,12)/t7-/m1/s1. The summed E-state index contributed by atoms with van der Waals surface area (Å²) in [6.45, 7) is 2.33. The van der Waals surface area contributed by atoms with Gasteiger partial charge in [-0.25, -0.2) is 0 Å². The van der Waals surface area contributed by atoms with E-state index in [9.17, 15) is 4.79 Å².